The van der Waals surface area contributed by atoms with Gasteiger partial charge in [0.2, 0.25) is 5.91 Å². The number of halogens is 1. The van der Waals surface area contributed by atoms with Crippen molar-refractivity contribution in [1.29, 1.82) is 0 Å². The normalized spacial score (nSPS) is 16.3. The molecule has 0 unspecified atom stereocenters. The Morgan fingerprint density at radius 2 is 1.89 bits per heavy atom. The highest BCUT2D eigenvalue weighted by atomic mass is 35.5. The number of amides is 2. The number of H-pyrrole nitrogens is 1. The Hall–Kier alpha value is -3.37. The molecule has 1 aromatic carbocycles. The van der Waals surface area contributed by atoms with Crippen molar-refractivity contribution >= 4 is 40.3 Å². The second-order valence-electron chi connectivity index (χ2n) is 8.90. The molecule has 1 N–H and O–H groups in total. The number of imidazole rings is 1. The predicted molar refractivity (Wildman–Crippen MR) is 132 cm³/mol. The molecule has 0 radical (unpaired) electrons. The van der Waals surface area contributed by atoms with E-state index in [1.165, 1.54) is 0 Å². The molecule has 0 spiro atoms. The molecule has 2 aliphatic rings. The van der Waals surface area contributed by atoms with Gasteiger partial charge in [-0.1, -0.05) is 23.7 Å². The van der Waals surface area contributed by atoms with E-state index in [2.05, 4.69) is 32.0 Å². The van der Waals surface area contributed by atoms with Gasteiger partial charge >= 0.3 is 0 Å². The maximum atomic E-state index is 12.4. The van der Waals surface area contributed by atoms with E-state index in [1.807, 2.05) is 12.1 Å². The molecule has 0 saturated carbocycles. The zero-order valence-corrected chi connectivity index (χ0v) is 20.4. The number of ether oxygens (including phenoxy) is 2. The molecule has 2 saturated heterocycles. The van der Waals surface area contributed by atoms with Crippen molar-refractivity contribution in [3.63, 3.8) is 0 Å². The molecule has 5 rings (SSSR count). The van der Waals surface area contributed by atoms with Gasteiger partial charge in [0, 0.05) is 51.5 Å². The summed E-state index contributed by atoms with van der Waals surface area (Å²) in [6, 6.07) is 10.0. The quantitative estimate of drug-likeness (QED) is 0.554. The molecule has 11 heteroatoms. The molecule has 2 aromatic heterocycles. The van der Waals surface area contributed by atoms with Gasteiger partial charge in [-0.15, -0.1) is 0 Å². The van der Waals surface area contributed by atoms with Crippen molar-refractivity contribution in [3.05, 3.63) is 35.4 Å². The van der Waals surface area contributed by atoms with Crippen LogP contribution in [0, 0.1) is 5.92 Å². The number of benzene rings is 1. The molecule has 2 amide bonds. The number of likely N-dealkylation sites (tertiary alicyclic amines) is 1. The molecule has 35 heavy (non-hydrogen) atoms. The lowest BCUT2D eigenvalue weighted by Crippen LogP contribution is -2.56. The van der Waals surface area contributed by atoms with Crippen LogP contribution in [0.3, 0.4) is 0 Å². The second kappa shape index (κ2) is 9.71. The summed E-state index contributed by atoms with van der Waals surface area (Å²) in [5.74, 6) is -0.310. The molecule has 10 nitrogen and oxygen atoms in total. The maximum Gasteiger partial charge on any atom is 0.296 e. The van der Waals surface area contributed by atoms with Gasteiger partial charge in [-0.3, -0.25) is 9.59 Å². The molecule has 4 heterocycles. The Kier molecular flexibility index (Phi) is 6.48. The molecule has 0 bridgehead atoms. The van der Waals surface area contributed by atoms with E-state index >= 15 is 0 Å². The third kappa shape index (κ3) is 4.89. The van der Waals surface area contributed by atoms with Gasteiger partial charge in [-0.25, -0.2) is 4.98 Å². The number of pyridine rings is 1. The van der Waals surface area contributed by atoms with Crippen LogP contribution in [0.25, 0.3) is 22.4 Å². The van der Waals surface area contributed by atoms with E-state index in [0.29, 0.717) is 35.0 Å². The maximum absolute atomic E-state index is 12.4. The van der Waals surface area contributed by atoms with Crippen molar-refractivity contribution in [2.24, 2.45) is 5.92 Å². The summed E-state index contributed by atoms with van der Waals surface area (Å²) in [5.41, 5.74) is 3.71. The molecule has 2 fully saturated rings. The summed E-state index contributed by atoms with van der Waals surface area (Å²) in [5, 5.41) is 0.486. The van der Waals surface area contributed by atoms with Crippen LogP contribution in [-0.4, -0.2) is 96.7 Å². The highest BCUT2D eigenvalue weighted by molar-refractivity contribution is 6.33. The smallest absolute Gasteiger partial charge is 0.296 e. The summed E-state index contributed by atoms with van der Waals surface area (Å²) in [6.45, 7) is 3.84. The van der Waals surface area contributed by atoms with Crippen LogP contribution in [0.2, 0.25) is 5.02 Å². The van der Waals surface area contributed by atoms with Crippen molar-refractivity contribution < 1.29 is 19.1 Å². The molecule has 3 aromatic rings. The fraction of sp³-hybridized carbons (Fsp3) is 0.417. The second-order valence-corrected chi connectivity index (χ2v) is 9.30. The first-order valence-electron chi connectivity index (χ1n) is 11.5. The zero-order valence-electron chi connectivity index (χ0n) is 19.7. The fourth-order valence-electron chi connectivity index (χ4n) is 4.24. The Balaban J connectivity index is 1.23. The van der Waals surface area contributed by atoms with Crippen molar-refractivity contribution in [2.75, 3.05) is 65.0 Å². The van der Waals surface area contributed by atoms with Gasteiger partial charge in [0.1, 0.15) is 0 Å². The molecule has 0 atom stereocenters. The summed E-state index contributed by atoms with van der Waals surface area (Å²) in [7, 11) is 3.42. The van der Waals surface area contributed by atoms with Gasteiger partial charge in [0.15, 0.2) is 12.3 Å². The van der Waals surface area contributed by atoms with E-state index in [9.17, 15) is 9.59 Å². The number of nitrogens with one attached hydrogen (secondary N) is 1. The SMILES string of the molecule is CN(C)C(=O)C1CN(C(=O)COc2nc3nc(-c4ccc(N5CCOCC5)cc4)c(Cl)cc3[nH]2)C1. The third-order valence-corrected chi connectivity index (χ3v) is 6.57. The largest absolute Gasteiger partial charge is 0.455 e. The number of anilines is 1. The highest BCUT2D eigenvalue weighted by Gasteiger charge is 2.36. The Morgan fingerprint density at radius 1 is 1.17 bits per heavy atom. The topological polar surface area (TPSA) is 104 Å². The summed E-state index contributed by atoms with van der Waals surface area (Å²) in [6.07, 6.45) is 0. The van der Waals surface area contributed by atoms with Crippen LogP contribution in [0.15, 0.2) is 30.3 Å². The number of carbonyl (C=O) groups excluding carboxylic acids is 2. The number of rotatable bonds is 6. The molecular formula is C24H27ClN6O4. The first-order chi connectivity index (χ1) is 16.9. The lowest BCUT2D eigenvalue weighted by molar-refractivity contribution is -0.148. The number of fused-ring (bicyclic) bond motifs is 1. The summed E-state index contributed by atoms with van der Waals surface area (Å²) >= 11 is 6.52. The number of carbonyl (C=O) groups is 2. The van der Waals surface area contributed by atoms with Gasteiger partial charge < -0.3 is 29.2 Å². The van der Waals surface area contributed by atoms with Crippen LogP contribution in [0.5, 0.6) is 6.01 Å². The Labute approximate surface area is 207 Å². The van der Waals surface area contributed by atoms with Crippen molar-refractivity contribution in [1.82, 2.24) is 24.8 Å². The van der Waals surface area contributed by atoms with Crippen LogP contribution in [0.1, 0.15) is 0 Å². The van der Waals surface area contributed by atoms with Gasteiger partial charge in [-0.05, 0) is 18.2 Å². The highest BCUT2D eigenvalue weighted by Crippen LogP contribution is 2.31. The van der Waals surface area contributed by atoms with Crippen molar-refractivity contribution in [3.8, 4) is 17.3 Å². The molecule has 184 valence electrons. The average molecular weight is 499 g/mol. The Bertz CT molecular complexity index is 1230. The van der Waals surface area contributed by atoms with E-state index < -0.39 is 0 Å². The average Bonchev–Trinajstić information content (AvgIpc) is 3.23. The van der Waals surface area contributed by atoms with E-state index in [4.69, 9.17) is 21.1 Å². The van der Waals surface area contributed by atoms with Crippen molar-refractivity contribution in [2.45, 2.75) is 0 Å². The van der Waals surface area contributed by atoms with E-state index in [-0.39, 0.29) is 30.3 Å². The lowest BCUT2D eigenvalue weighted by Gasteiger charge is -2.39. The Morgan fingerprint density at radius 3 is 2.57 bits per heavy atom. The fourth-order valence-corrected chi connectivity index (χ4v) is 4.50. The lowest BCUT2D eigenvalue weighted by atomic mass is 9.99. The zero-order chi connectivity index (χ0) is 24.5. The third-order valence-electron chi connectivity index (χ3n) is 6.28. The number of aromatic amines is 1. The number of nitrogens with zero attached hydrogens (tertiary/aromatic N) is 5. The minimum Gasteiger partial charge on any atom is -0.455 e. The van der Waals surface area contributed by atoms with Crippen LogP contribution < -0.4 is 9.64 Å². The van der Waals surface area contributed by atoms with Crippen LogP contribution >= 0.6 is 11.6 Å². The first-order valence-corrected chi connectivity index (χ1v) is 11.9. The first kappa shape index (κ1) is 23.4. The predicted octanol–water partition coefficient (Wildman–Crippen LogP) is 2.04. The molecular weight excluding hydrogens is 472 g/mol. The number of aromatic nitrogens is 3. The minimum atomic E-state index is -0.194. The van der Waals surface area contributed by atoms with Gasteiger partial charge in [-0.2, -0.15) is 4.98 Å². The molecule has 2 aliphatic heterocycles. The van der Waals surface area contributed by atoms with E-state index in [1.54, 1.807) is 30.0 Å². The van der Waals surface area contributed by atoms with Crippen LogP contribution in [0.4, 0.5) is 5.69 Å². The molecule has 0 aliphatic carbocycles. The number of hydrogen-bond acceptors (Lipinski definition) is 7. The monoisotopic (exact) mass is 498 g/mol. The van der Waals surface area contributed by atoms with Gasteiger partial charge in [0.05, 0.1) is 35.4 Å². The van der Waals surface area contributed by atoms with Crippen LogP contribution in [-0.2, 0) is 14.3 Å². The number of morpholine rings is 1. The summed E-state index contributed by atoms with van der Waals surface area (Å²) in [4.78, 5) is 41.7. The summed E-state index contributed by atoms with van der Waals surface area (Å²) < 4.78 is 11.0. The van der Waals surface area contributed by atoms with Gasteiger partial charge in [0.25, 0.3) is 11.9 Å². The van der Waals surface area contributed by atoms with E-state index in [0.717, 1.165) is 37.6 Å². The number of hydrogen-bond donors (Lipinski definition) is 1. The minimum absolute atomic E-state index is 0.0294. The standard InChI is InChI=1S/C24H27ClN6O4/c1-29(2)23(33)16-12-31(13-16)20(32)14-35-24-26-19-11-18(25)21(27-22(19)28-24)15-3-5-17(6-4-15)30-7-9-34-10-8-30/h3-6,11,16H,7-10,12-14H2,1-2H3,(H,26,27,28).